The Balaban J connectivity index is 1.68. The summed E-state index contributed by atoms with van der Waals surface area (Å²) in [4.78, 5) is 6.93. The molecule has 2 N–H and O–H groups in total. The predicted octanol–water partition coefficient (Wildman–Crippen LogP) is 1.56. The molecular formula is C16H22N4O. The molecule has 0 aliphatic carbocycles. The Morgan fingerprint density at radius 1 is 1.29 bits per heavy atom. The van der Waals surface area contributed by atoms with Crippen molar-refractivity contribution in [2.45, 2.75) is 0 Å². The van der Waals surface area contributed by atoms with Crippen molar-refractivity contribution < 1.29 is 4.74 Å². The summed E-state index contributed by atoms with van der Waals surface area (Å²) < 4.78 is 5.31. The third kappa shape index (κ3) is 3.43. The molecule has 5 heteroatoms. The van der Waals surface area contributed by atoms with Gasteiger partial charge in [0.15, 0.2) is 0 Å². The molecule has 5 nitrogen and oxygen atoms in total. The molecule has 2 heterocycles. The van der Waals surface area contributed by atoms with E-state index in [4.69, 9.17) is 4.74 Å². The number of nitrogens with one attached hydrogen (secondary N) is 2. The van der Waals surface area contributed by atoms with Crippen molar-refractivity contribution in [3.05, 3.63) is 30.5 Å². The van der Waals surface area contributed by atoms with E-state index in [1.807, 2.05) is 24.4 Å². The van der Waals surface area contributed by atoms with Gasteiger partial charge in [-0.15, -0.1) is 0 Å². The molecule has 0 atom stereocenters. The lowest BCUT2D eigenvalue weighted by Crippen LogP contribution is -2.45. The van der Waals surface area contributed by atoms with Crippen LogP contribution in [0, 0.1) is 0 Å². The minimum Gasteiger partial charge on any atom is -0.497 e. The highest BCUT2D eigenvalue weighted by Gasteiger charge is 2.09. The number of nitrogens with zero attached hydrogens (tertiary/aromatic N) is 2. The number of methoxy groups -OCH3 is 1. The molecule has 1 fully saturated rings. The zero-order valence-corrected chi connectivity index (χ0v) is 12.4. The summed E-state index contributed by atoms with van der Waals surface area (Å²) in [6, 6.07) is 8.11. The van der Waals surface area contributed by atoms with Crippen LogP contribution in [0.25, 0.3) is 10.8 Å². The van der Waals surface area contributed by atoms with Crippen molar-refractivity contribution in [2.24, 2.45) is 0 Å². The van der Waals surface area contributed by atoms with Gasteiger partial charge in [-0.1, -0.05) is 6.07 Å². The van der Waals surface area contributed by atoms with Gasteiger partial charge in [0.25, 0.3) is 0 Å². The average Bonchev–Trinajstić information content (AvgIpc) is 2.55. The number of hydrogen-bond acceptors (Lipinski definition) is 5. The van der Waals surface area contributed by atoms with Crippen LogP contribution in [0.5, 0.6) is 5.75 Å². The number of piperazine rings is 1. The predicted molar refractivity (Wildman–Crippen MR) is 86.1 cm³/mol. The lowest BCUT2D eigenvalue weighted by atomic mass is 10.1. The fraction of sp³-hybridized carbons (Fsp3) is 0.438. The Morgan fingerprint density at radius 2 is 2.14 bits per heavy atom. The highest BCUT2D eigenvalue weighted by Crippen LogP contribution is 2.25. The molecule has 1 aromatic carbocycles. The zero-order valence-electron chi connectivity index (χ0n) is 12.4. The van der Waals surface area contributed by atoms with Crippen molar-refractivity contribution in [1.29, 1.82) is 0 Å². The van der Waals surface area contributed by atoms with Crippen LogP contribution in [0.2, 0.25) is 0 Å². The van der Waals surface area contributed by atoms with E-state index in [-0.39, 0.29) is 0 Å². The summed E-state index contributed by atoms with van der Waals surface area (Å²) in [6.45, 7) is 6.37. The van der Waals surface area contributed by atoms with Crippen LogP contribution in [-0.2, 0) is 0 Å². The van der Waals surface area contributed by atoms with Gasteiger partial charge in [-0.3, -0.25) is 4.90 Å². The second kappa shape index (κ2) is 6.74. The van der Waals surface area contributed by atoms with E-state index in [1.54, 1.807) is 7.11 Å². The molecule has 3 rings (SSSR count). The molecular weight excluding hydrogens is 264 g/mol. The van der Waals surface area contributed by atoms with E-state index in [2.05, 4.69) is 26.6 Å². The summed E-state index contributed by atoms with van der Waals surface area (Å²) in [7, 11) is 1.69. The fourth-order valence-corrected chi connectivity index (χ4v) is 2.68. The topological polar surface area (TPSA) is 49.4 Å². The van der Waals surface area contributed by atoms with Crippen molar-refractivity contribution in [3.63, 3.8) is 0 Å². The molecule has 0 radical (unpaired) electrons. The van der Waals surface area contributed by atoms with Crippen LogP contribution in [0.3, 0.4) is 0 Å². The molecule has 1 aromatic heterocycles. The quantitative estimate of drug-likeness (QED) is 0.873. The number of aromatic nitrogens is 1. The summed E-state index contributed by atoms with van der Waals surface area (Å²) >= 11 is 0. The first-order chi connectivity index (χ1) is 10.4. The maximum absolute atomic E-state index is 5.31. The van der Waals surface area contributed by atoms with Crippen LogP contribution >= 0.6 is 0 Å². The molecule has 1 saturated heterocycles. The minimum atomic E-state index is 0.862. The second-order valence-electron chi connectivity index (χ2n) is 5.27. The van der Waals surface area contributed by atoms with Gasteiger partial charge >= 0.3 is 0 Å². The van der Waals surface area contributed by atoms with Gasteiger partial charge in [-0.2, -0.15) is 0 Å². The van der Waals surface area contributed by atoms with Gasteiger partial charge in [0, 0.05) is 50.9 Å². The highest BCUT2D eigenvalue weighted by atomic mass is 16.5. The summed E-state index contributed by atoms with van der Waals surface area (Å²) in [5, 5.41) is 9.11. The van der Waals surface area contributed by atoms with E-state index in [9.17, 15) is 0 Å². The Kier molecular flexibility index (Phi) is 4.52. The third-order valence-electron chi connectivity index (χ3n) is 3.90. The van der Waals surface area contributed by atoms with Crippen LogP contribution in [0.15, 0.2) is 30.5 Å². The normalized spacial score (nSPS) is 16.0. The number of rotatable bonds is 5. The third-order valence-corrected chi connectivity index (χ3v) is 3.90. The van der Waals surface area contributed by atoms with Crippen molar-refractivity contribution in [2.75, 3.05) is 51.7 Å². The Hall–Kier alpha value is -1.85. The standard InChI is InChI=1S/C16H22N4O/c1-21-14-3-2-13-4-5-18-16(15(13)12-14)19-8-11-20-9-6-17-7-10-20/h2-5,12,17H,6-11H2,1H3,(H,18,19). The molecule has 0 bridgehead atoms. The lowest BCUT2D eigenvalue weighted by Gasteiger charge is -2.27. The molecule has 2 aromatic rings. The van der Waals surface area contributed by atoms with Gasteiger partial charge < -0.3 is 15.4 Å². The van der Waals surface area contributed by atoms with E-state index < -0.39 is 0 Å². The van der Waals surface area contributed by atoms with Crippen molar-refractivity contribution in [3.8, 4) is 5.75 Å². The number of ether oxygens (including phenoxy) is 1. The van der Waals surface area contributed by atoms with E-state index in [1.165, 1.54) is 5.39 Å². The number of benzene rings is 1. The van der Waals surface area contributed by atoms with Gasteiger partial charge in [0.2, 0.25) is 0 Å². The SMILES string of the molecule is COc1ccc2ccnc(NCCN3CCNCC3)c2c1. The van der Waals surface area contributed by atoms with Crippen LogP contribution in [0.1, 0.15) is 0 Å². The summed E-state index contributed by atoms with van der Waals surface area (Å²) in [6.07, 6.45) is 1.85. The molecule has 112 valence electrons. The molecule has 1 aliphatic heterocycles. The van der Waals surface area contributed by atoms with E-state index in [0.29, 0.717) is 0 Å². The number of hydrogen-bond donors (Lipinski definition) is 2. The molecule has 0 unspecified atom stereocenters. The maximum Gasteiger partial charge on any atom is 0.133 e. The minimum absolute atomic E-state index is 0.862. The van der Waals surface area contributed by atoms with Crippen LogP contribution < -0.4 is 15.4 Å². The molecule has 1 aliphatic rings. The zero-order chi connectivity index (χ0) is 14.5. The molecule has 0 spiro atoms. The fourth-order valence-electron chi connectivity index (χ4n) is 2.68. The smallest absolute Gasteiger partial charge is 0.133 e. The first-order valence-electron chi connectivity index (χ1n) is 7.46. The van der Waals surface area contributed by atoms with Gasteiger partial charge in [0.1, 0.15) is 11.6 Å². The van der Waals surface area contributed by atoms with E-state index >= 15 is 0 Å². The Bertz CT molecular complexity index is 596. The van der Waals surface area contributed by atoms with Crippen molar-refractivity contribution >= 4 is 16.6 Å². The number of anilines is 1. The molecule has 0 saturated carbocycles. The lowest BCUT2D eigenvalue weighted by molar-refractivity contribution is 0.249. The molecule has 21 heavy (non-hydrogen) atoms. The van der Waals surface area contributed by atoms with Crippen LogP contribution in [-0.4, -0.2) is 56.3 Å². The van der Waals surface area contributed by atoms with Gasteiger partial charge in [-0.05, 0) is 23.6 Å². The first-order valence-corrected chi connectivity index (χ1v) is 7.46. The Labute approximate surface area is 125 Å². The molecule has 0 amide bonds. The van der Waals surface area contributed by atoms with Crippen molar-refractivity contribution in [1.82, 2.24) is 15.2 Å². The van der Waals surface area contributed by atoms with Gasteiger partial charge in [-0.25, -0.2) is 4.98 Å². The highest BCUT2D eigenvalue weighted by molar-refractivity contribution is 5.92. The van der Waals surface area contributed by atoms with Gasteiger partial charge in [0.05, 0.1) is 7.11 Å². The first kappa shape index (κ1) is 14.1. The van der Waals surface area contributed by atoms with E-state index in [0.717, 1.165) is 56.2 Å². The monoisotopic (exact) mass is 286 g/mol. The maximum atomic E-state index is 5.31. The largest absolute Gasteiger partial charge is 0.497 e. The Morgan fingerprint density at radius 3 is 2.95 bits per heavy atom. The second-order valence-corrected chi connectivity index (χ2v) is 5.27. The summed E-state index contributed by atoms with van der Waals surface area (Å²) in [5.74, 6) is 1.79. The number of fused-ring (bicyclic) bond motifs is 1. The summed E-state index contributed by atoms with van der Waals surface area (Å²) in [5.41, 5.74) is 0. The van der Waals surface area contributed by atoms with Crippen LogP contribution in [0.4, 0.5) is 5.82 Å². The average molecular weight is 286 g/mol. The number of pyridine rings is 1.